The summed E-state index contributed by atoms with van der Waals surface area (Å²) in [4.78, 5) is 29.3. The van der Waals surface area contributed by atoms with Crippen LogP contribution in [0.5, 0.6) is 5.75 Å². The summed E-state index contributed by atoms with van der Waals surface area (Å²) in [6.45, 7) is 7.62. The second-order valence-electron chi connectivity index (χ2n) is 10.1. The Hall–Kier alpha value is -3.57. The van der Waals surface area contributed by atoms with Gasteiger partial charge in [-0.1, -0.05) is 26.0 Å². The molecule has 0 aliphatic carbocycles. The van der Waals surface area contributed by atoms with Gasteiger partial charge in [-0.05, 0) is 92.2 Å². The first-order valence-corrected chi connectivity index (χ1v) is 16.3. The molecule has 0 saturated heterocycles. The zero-order chi connectivity index (χ0) is 30.9. The molecular weight excluding hydrogens is 577 g/mol. The number of carbonyl (C=O) groups is 2. The molecule has 2 amide bonds. The molecule has 1 atom stereocenters. The summed E-state index contributed by atoms with van der Waals surface area (Å²) in [5.41, 5.74) is 0.857. The monoisotopic (exact) mass is 615 g/mol. The van der Waals surface area contributed by atoms with Crippen LogP contribution in [0.1, 0.15) is 33.3 Å². The van der Waals surface area contributed by atoms with Crippen molar-refractivity contribution in [2.75, 3.05) is 30.3 Å². The molecule has 0 spiro atoms. The number of carbonyl (C=O) groups excluding carboxylic acids is 2. The van der Waals surface area contributed by atoms with Gasteiger partial charge >= 0.3 is 0 Å². The first kappa shape index (κ1) is 32.9. The van der Waals surface area contributed by atoms with Crippen molar-refractivity contribution < 1.29 is 27.1 Å². The normalized spacial score (nSPS) is 12.1. The van der Waals surface area contributed by atoms with Crippen LogP contribution in [0.15, 0.2) is 82.6 Å². The van der Waals surface area contributed by atoms with Gasteiger partial charge in [0.1, 0.15) is 24.2 Å². The summed E-state index contributed by atoms with van der Waals surface area (Å²) in [5.74, 6) is -0.644. The molecule has 3 rings (SSSR count). The summed E-state index contributed by atoms with van der Waals surface area (Å²) < 4.78 is 48.1. The van der Waals surface area contributed by atoms with E-state index < -0.39 is 34.3 Å². The predicted octanol–water partition coefficient (Wildman–Crippen LogP) is 5.33. The van der Waals surface area contributed by atoms with Gasteiger partial charge in [-0.15, -0.1) is 11.8 Å². The minimum absolute atomic E-state index is 0.0189. The molecule has 0 aliphatic rings. The number of thioether (sulfide) groups is 1. The number of nitrogens with zero attached hydrogens (tertiary/aromatic N) is 2. The molecule has 3 aromatic rings. The summed E-state index contributed by atoms with van der Waals surface area (Å²) in [5, 5.41) is 2.84. The number of rotatable bonds is 14. The largest absolute Gasteiger partial charge is 0.494 e. The smallest absolute Gasteiger partial charge is 0.264 e. The minimum Gasteiger partial charge on any atom is -0.494 e. The highest BCUT2D eigenvalue weighted by Gasteiger charge is 2.32. The molecule has 0 radical (unpaired) electrons. The minimum atomic E-state index is -4.19. The number of nitrogens with one attached hydrogen (secondary N) is 1. The van der Waals surface area contributed by atoms with Crippen LogP contribution in [0.3, 0.4) is 0 Å². The van der Waals surface area contributed by atoms with E-state index in [1.165, 1.54) is 53.1 Å². The van der Waals surface area contributed by atoms with Gasteiger partial charge in [-0.2, -0.15) is 0 Å². The third-order valence-electron chi connectivity index (χ3n) is 6.48. The van der Waals surface area contributed by atoms with Gasteiger partial charge in [-0.25, -0.2) is 12.8 Å². The van der Waals surface area contributed by atoms with Crippen molar-refractivity contribution in [2.24, 2.45) is 5.92 Å². The van der Waals surface area contributed by atoms with Crippen molar-refractivity contribution in [2.45, 2.75) is 50.1 Å². The third kappa shape index (κ3) is 8.72. The number of benzene rings is 3. The van der Waals surface area contributed by atoms with Gasteiger partial charge in [0.2, 0.25) is 11.8 Å². The quantitative estimate of drug-likeness (QED) is 0.246. The Morgan fingerprint density at radius 3 is 2.12 bits per heavy atom. The van der Waals surface area contributed by atoms with Gasteiger partial charge < -0.3 is 15.0 Å². The van der Waals surface area contributed by atoms with E-state index in [9.17, 15) is 22.4 Å². The summed E-state index contributed by atoms with van der Waals surface area (Å²) in [7, 11) is -4.19. The molecule has 8 nitrogen and oxygen atoms in total. The van der Waals surface area contributed by atoms with E-state index in [4.69, 9.17) is 4.74 Å². The molecule has 226 valence electrons. The lowest BCUT2D eigenvalue weighted by molar-refractivity contribution is -0.139. The van der Waals surface area contributed by atoms with Gasteiger partial charge in [0, 0.05) is 18.0 Å². The SMILES string of the molecule is CCOc1ccc(N(CC(=O)N(Cc2ccc(F)cc2)C(C)C(=O)NCC(C)C)S(=O)(=O)c2ccc(SC)cc2)cc1. The van der Waals surface area contributed by atoms with E-state index in [0.29, 0.717) is 24.5 Å². The second-order valence-corrected chi connectivity index (χ2v) is 12.8. The Balaban J connectivity index is 2.01. The lowest BCUT2D eigenvalue weighted by atomic mass is 10.1. The van der Waals surface area contributed by atoms with E-state index in [1.807, 2.05) is 27.0 Å². The van der Waals surface area contributed by atoms with E-state index in [0.717, 1.165) is 9.20 Å². The van der Waals surface area contributed by atoms with E-state index >= 15 is 0 Å². The van der Waals surface area contributed by atoms with E-state index in [1.54, 1.807) is 43.3 Å². The highest BCUT2D eigenvalue weighted by Crippen LogP contribution is 2.28. The lowest BCUT2D eigenvalue weighted by Gasteiger charge is -2.32. The van der Waals surface area contributed by atoms with Crippen molar-refractivity contribution in [3.63, 3.8) is 0 Å². The van der Waals surface area contributed by atoms with Gasteiger partial charge in [0.05, 0.1) is 17.2 Å². The highest BCUT2D eigenvalue weighted by atomic mass is 32.2. The molecule has 42 heavy (non-hydrogen) atoms. The zero-order valence-corrected chi connectivity index (χ0v) is 26.2. The van der Waals surface area contributed by atoms with Crippen LogP contribution in [-0.2, 0) is 26.2 Å². The number of ether oxygens (including phenoxy) is 1. The zero-order valence-electron chi connectivity index (χ0n) is 24.5. The predicted molar refractivity (Wildman–Crippen MR) is 165 cm³/mol. The number of hydrogen-bond donors (Lipinski definition) is 1. The average Bonchev–Trinajstić information content (AvgIpc) is 2.98. The number of hydrogen-bond acceptors (Lipinski definition) is 6. The summed E-state index contributed by atoms with van der Waals surface area (Å²) in [6.07, 6.45) is 1.89. The maximum Gasteiger partial charge on any atom is 0.264 e. The third-order valence-corrected chi connectivity index (χ3v) is 9.01. The number of halogens is 1. The van der Waals surface area contributed by atoms with Gasteiger partial charge in [-0.3, -0.25) is 13.9 Å². The average molecular weight is 616 g/mol. The Morgan fingerprint density at radius 2 is 1.57 bits per heavy atom. The summed E-state index contributed by atoms with van der Waals surface area (Å²) in [6, 6.07) is 17.5. The van der Waals surface area contributed by atoms with E-state index in [-0.39, 0.29) is 29.0 Å². The lowest BCUT2D eigenvalue weighted by Crippen LogP contribution is -2.51. The fourth-order valence-electron chi connectivity index (χ4n) is 4.10. The van der Waals surface area contributed by atoms with Gasteiger partial charge in [0.15, 0.2) is 0 Å². The molecule has 0 aromatic heterocycles. The van der Waals surface area contributed by atoms with E-state index in [2.05, 4.69) is 5.32 Å². The number of anilines is 1. The fourth-order valence-corrected chi connectivity index (χ4v) is 5.92. The first-order chi connectivity index (χ1) is 20.0. The Morgan fingerprint density at radius 1 is 0.952 bits per heavy atom. The standard InChI is InChI=1S/C31H38FN3O5S2/c1-6-40-27-13-11-26(12-14-27)35(42(38,39)29-17-15-28(41-5)16-18-29)21-30(36)34(20-24-7-9-25(32)10-8-24)23(4)31(37)33-19-22(2)3/h7-18,22-23H,6,19-21H2,1-5H3,(H,33,37). The molecule has 1 N–H and O–H groups in total. The molecule has 0 bridgehead atoms. The molecule has 0 aliphatic heterocycles. The van der Waals surface area contributed by atoms with Crippen LogP contribution in [0.25, 0.3) is 0 Å². The van der Waals surface area contributed by atoms with Crippen molar-refractivity contribution in [1.82, 2.24) is 10.2 Å². The van der Waals surface area contributed by atoms with Crippen molar-refractivity contribution in [1.29, 1.82) is 0 Å². The van der Waals surface area contributed by atoms with Crippen LogP contribution in [-0.4, -0.2) is 57.1 Å². The number of amides is 2. The highest BCUT2D eigenvalue weighted by molar-refractivity contribution is 7.98. The van der Waals surface area contributed by atoms with Crippen LogP contribution >= 0.6 is 11.8 Å². The van der Waals surface area contributed by atoms with Crippen molar-refractivity contribution in [3.8, 4) is 5.75 Å². The fraction of sp³-hybridized carbons (Fsp3) is 0.355. The van der Waals surface area contributed by atoms with Crippen molar-refractivity contribution in [3.05, 3.63) is 84.2 Å². The maximum atomic E-state index is 14.0. The molecule has 11 heteroatoms. The van der Waals surface area contributed by atoms with Crippen LogP contribution in [0.4, 0.5) is 10.1 Å². The van der Waals surface area contributed by atoms with Crippen molar-refractivity contribution >= 4 is 39.3 Å². The molecule has 0 fully saturated rings. The Bertz CT molecular complexity index is 1430. The molecule has 1 unspecified atom stereocenters. The first-order valence-electron chi connectivity index (χ1n) is 13.7. The molecule has 3 aromatic carbocycles. The summed E-state index contributed by atoms with van der Waals surface area (Å²) >= 11 is 1.48. The molecule has 0 saturated carbocycles. The number of sulfonamides is 1. The second kappa shape index (κ2) is 15.1. The van der Waals surface area contributed by atoms with Crippen LogP contribution in [0, 0.1) is 11.7 Å². The Kier molecular flexibility index (Phi) is 11.8. The van der Waals surface area contributed by atoms with Crippen LogP contribution in [0.2, 0.25) is 0 Å². The topological polar surface area (TPSA) is 96.0 Å². The Labute approximate surface area is 252 Å². The maximum absolute atomic E-state index is 14.0. The van der Waals surface area contributed by atoms with Gasteiger partial charge in [0.25, 0.3) is 10.0 Å². The molecular formula is C31H38FN3O5S2. The van der Waals surface area contributed by atoms with Crippen LogP contribution < -0.4 is 14.4 Å². The molecule has 0 heterocycles.